The lowest BCUT2D eigenvalue weighted by molar-refractivity contribution is 0.107. The number of hydrogen-bond donors (Lipinski definition) is 0. The van der Waals surface area contributed by atoms with Crippen LogP contribution in [0.4, 0.5) is 0 Å². The molecule has 12 heavy (non-hydrogen) atoms. The SMILES string of the molecule is CS(C)=CC(=O)c1ccccc1. The van der Waals surface area contributed by atoms with Crippen LogP contribution < -0.4 is 0 Å². The standard InChI is InChI=1S/C10H12OS/c1-12(2)8-10(11)9-6-4-3-5-7-9/h3-8H,1-2H3. The molecule has 0 aliphatic rings. The Balaban J connectivity index is 2.87. The fraction of sp³-hybridized carbons (Fsp3) is 0.200. The molecule has 0 aromatic heterocycles. The minimum atomic E-state index is 0.0793. The summed E-state index contributed by atoms with van der Waals surface area (Å²) >= 11 is 0. The second kappa shape index (κ2) is 4.21. The van der Waals surface area contributed by atoms with Crippen LogP contribution in [-0.4, -0.2) is 23.7 Å². The van der Waals surface area contributed by atoms with E-state index in [-0.39, 0.29) is 16.3 Å². The minimum Gasteiger partial charge on any atom is -0.289 e. The highest BCUT2D eigenvalue weighted by Crippen LogP contribution is 2.02. The molecule has 0 N–H and O–H groups in total. The molecule has 0 spiro atoms. The van der Waals surface area contributed by atoms with Crippen molar-refractivity contribution in [3.8, 4) is 0 Å². The van der Waals surface area contributed by atoms with Gasteiger partial charge in [0.1, 0.15) is 0 Å². The highest BCUT2D eigenvalue weighted by molar-refractivity contribution is 8.14. The molecule has 0 aliphatic carbocycles. The first-order valence-corrected chi connectivity index (χ1v) is 5.81. The van der Waals surface area contributed by atoms with E-state index >= 15 is 0 Å². The van der Waals surface area contributed by atoms with Crippen molar-refractivity contribution >= 4 is 21.6 Å². The van der Waals surface area contributed by atoms with Crippen molar-refractivity contribution < 1.29 is 4.79 Å². The van der Waals surface area contributed by atoms with E-state index < -0.39 is 0 Å². The minimum absolute atomic E-state index is 0.0793. The summed E-state index contributed by atoms with van der Waals surface area (Å²) in [6.07, 6.45) is 4.06. The van der Waals surface area contributed by atoms with Crippen LogP contribution in [0.2, 0.25) is 0 Å². The first kappa shape index (κ1) is 9.20. The maximum Gasteiger partial charge on any atom is 0.191 e. The molecule has 64 valence electrons. The van der Waals surface area contributed by atoms with Gasteiger partial charge in [0.2, 0.25) is 0 Å². The van der Waals surface area contributed by atoms with E-state index in [4.69, 9.17) is 0 Å². The molecule has 1 aromatic carbocycles. The van der Waals surface area contributed by atoms with Crippen LogP contribution in [-0.2, 0) is 0 Å². The van der Waals surface area contributed by atoms with Gasteiger partial charge >= 0.3 is 0 Å². The number of carbonyl (C=O) groups is 1. The molecule has 0 radical (unpaired) electrons. The van der Waals surface area contributed by atoms with Crippen molar-refractivity contribution in [2.45, 2.75) is 0 Å². The summed E-state index contributed by atoms with van der Waals surface area (Å²) in [5.41, 5.74) is 0.777. The lowest BCUT2D eigenvalue weighted by Crippen LogP contribution is -1.99. The number of ketones is 1. The van der Waals surface area contributed by atoms with Crippen LogP contribution >= 0.6 is 10.5 Å². The summed E-state index contributed by atoms with van der Waals surface area (Å²) in [6.45, 7) is 0. The van der Waals surface area contributed by atoms with Crippen LogP contribution in [0.15, 0.2) is 30.3 Å². The molecular formula is C10H12OS. The van der Waals surface area contributed by atoms with Gasteiger partial charge in [-0.1, -0.05) is 30.3 Å². The Labute approximate surface area is 75.3 Å². The summed E-state index contributed by atoms with van der Waals surface area (Å²) in [6, 6.07) is 9.35. The van der Waals surface area contributed by atoms with E-state index in [1.807, 2.05) is 42.8 Å². The molecule has 1 nitrogen and oxygen atoms in total. The van der Waals surface area contributed by atoms with E-state index in [0.29, 0.717) is 0 Å². The zero-order valence-electron chi connectivity index (χ0n) is 7.28. The average molecular weight is 180 g/mol. The molecule has 1 aromatic rings. The number of carbonyl (C=O) groups excluding carboxylic acids is 1. The molecule has 0 saturated carbocycles. The Morgan fingerprint density at radius 2 is 1.83 bits per heavy atom. The monoisotopic (exact) mass is 180 g/mol. The smallest absolute Gasteiger partial charge is 0.191 e. The van der Waals surface area contributed by atoms with Crippen molar-refractivity contribution in [3.63, 3.8) is 0 Å². The van der Waals surface area contributed by atoms with Crippen molar-refractivity contribution in [1.82, 2.24) is 0 Å². The number of benzene rings is 1. The maximum atomic E-state index is 11.4. The van der Waals surface area contributed by atoms with Crippen LogP contribution in [0.25, 0.3) is 0 Å². The van der Waals surface area contributed by atoms with E-state index in [2.05, 4.69) is 0 Å². The third-order valence-corrected chi connectivity index (χ3v) is 2.09. The van der Waals surface area contributed by atoms with Crippen LogP contribution in [0, 0.1) is 0 Å². The van der Waals surface area contributed by atoms with Crippen molar-refractivity contribution in [3.05, 3.63) is 35.9 Å². The first-order valence-electron chi connectivity index (χ1n) is 3.71. The van der Waals surface area contributed by atoms with Gasteiger partial charge in [-0.2, -0.15) is 10.5 Å². The number of hydrogen-bond acceptors (Lipinski definition) is 1. The van der Waals surface area contributed by atoms with E-state index in [9.17, 15) is 4.79 Å². The molecule has 0 heterocycles. The molecule has 2 heteroatoms. The molecule has 1 rings (SSSR count). The van der Waals surface area contributed by atoms with E-state index in [1.54, 1.807) is 5.37 Å². The topological polar surface area (TPSA) is 17.1 Å². The molecular weight excluding hydrogens is 168 g/mol. The first-order chi connectivity index (χ1) is 5.70. The molecule has 0 unspecified atom stereocenters. The summed E-state index contributed by atoms with van der Waals surface area (Å²) in [4.78, 5) is 11.4. The van der Waals surface area contributed by atoms with Crippen molar-refractivity contribution in [2.75, 3.05) is 12.5 Å². The third kappa shape index (κ3) is 2.62. The predicted octanol–water partition coefficient (Wildman–Crippen LogP) is 2.20. The fourth-order valence-electron chi connectivity index (χ4n) is 0.885. The Morgan fingerprint density at radius 1 is 1.25 bits per heavy atom. The summed E-state index contributed by atoms with van der Waals surface area (Å²) in [5.74, 6) is 0.129. The molecule has 0 saturated heterocycles. The second-order valence-corrected chi connectivity index (χ2v) is 4.72. The molecule has 0 bridgehead atoms. The Morgan fingerprint density at radius 3 is 2.33 bits per heavy atom. The van der Waals surface area contributed by atoms with Gasteiger partial charge in [0.05, 0.1) is 0 Å². The highest BCUT2D eigenvalue weighted by atomic mass is 32.2. The van der Waals surface area contributed by atoms with Gasteiger partial charge in [0.15, 0.2) is 5.78 Å². The van der Waals surface area contributed by atoms with Gasteiger partial charge in [0.25, 0.3) is 0 Å². The maximum absolute atomic E-state index is 11.4. The molecule has 0 fully saturated rings. The largest absolute Gasteiger partial charge is 0.289 e. The summed E-state index contributed by atoms with van der Waals surface area (Å²) in [7, 11) is 0.0793. The van der Waals surface area contributed by atoms with Crippen LogP contribution in [0.1, 0.15) is 10.4 Å². The highest BCUT2D eigenvalue weighted by Gasteiger charge is 1.98. The van der Waals surface area contributed by atoms with Gasteiger partial charge in [-0.05, 0) is 12.5 Å². The molecule has 0 atom stereocenters. The van der Waals surface area contributed by atoms with Crippen LogP contribution in [0.5, 0.6) is 0 Å². The van der Waals surface area contributed by atoms with Gasteiger partial charge in [0, 0.05) is 10.9 Å². The van der Waals surface area contributed by atoms with E-state index in [0.717, 1.165) is 5.56 Å². The fourth-order valence-corrected chi connectivity index (χ4v) is 1.45. The number of rotatable bonds is 2. The summed E-state index contributed by atoms with van der Waals surface area (Å²) < 4.78 is 0. The van der Waals surface area contributed by atoms with Crippen molar-refractivity contribution in [2.24, 2.45) is 0 Å². The van der Waals surface area contributed by atoms with Crippen molar-refractivity contribution in [1.29, 1.82) is 0 Å². The Bertz CT molecular complexity index is 297. The van der Waals surface area contributed by atoms with Gasteiger partial charge in [-0.15, -0.1) is 0 Å². The number of Topliss-reactive ketones (excluding diaryl/α,β-unsaturated/α-hetero) is 1. The summed E-state index contributed by atoms with van der Waals surface area (Å²) in [5, 5.41) is 1.76. The molecule has 0 aliphatic heterocycles. The Kier molecular flexibility index (Phi) is 3.23. The van der Waals surface area contributed by atoms with Crippen LogP contribution in [0.3, 0.4) is 0 Å². The van der Waals surface area contributed by atoms with Gasteiger partial charge in [-0.3, -0.25) is 4.79 Å². The lowest BCUT2D eigenvalue weighted by Gasteiger charge is -1.94. The average Bonchev–Trinajstić information content (AvgIpc) is 2.05. The normalized spacial score (nSPS) is 9.92. The predicted molar refractivity (Wildman–Crippen MR) is 56.3 cm³/mol. The Hall–Kier alpha value is -0.890. The zero-order chi connectivity index (χ0) is 8.97. The second-order valence-electron chi connectivity index (χ2n) is 2.73. The quantitative estimate of drug-likeness (QED) is 0.503. The lowest BCUT2D eigenvalue weighted by atomic mass is 10.2. The van der Waals surface area contributed by atoms with Gasteiger partial charge < -0.3 is 0 Å². The molecule has 0 amide bonds. The van der Waals surface area contributed by atoms with E-state index in [1.165, 1.54) is 0 Å². The zero-order valence-corrected chi connectivity index (χ0v) is 8.10. The third-order valence-electron chi connectivity index (χ3n) is 1.40. The van der Waals surface area contributed by atoms with Gasteiger partial charge in [-0.25, -0.2) is 0 Å².